The van der Waals surface area contributed by atoms with Gasteiger partial charge in [0.05, 0.1) is 16.4 Å². The van der Waals surface area contributed by atoms with E-state index >= 15 is 0 Å². The Kier molecular flexibility index (Phi) is 5.08. The molecule has 0 spiro atoms. The van der Waals surface area contributed by atoms with Gasteiger partial charge in [0.2, 0.25) is 0 Å². The molecule has 0 radical (unpaired) electrons. The summed E-state index contributed by atoms with van der Waals surface area (Å²) in [6, 6.07) is 9.07. The first-order valence-corrected chi connectivity index (χ1v) is 7.26. The van der Waals surface area contributed by atoms with Crippen molar-refractivity contribution in [3.63, 3.8) is 0 Å². The number of aliphatic carboxylic acids is 1. The highest BCUT2D eigenvalue weighted by atomic mass is 35.5. The second kappa shape index (κ2) is 6.85. The molecule has 6 nitrogen and oxygen atoms in total. The SMILES string of the molecule is Cc1c(N=C/C(Cl)=C(\Cl)C(=O)O)c(=O)n(-c2ccccc2)n1C. The molecule has 1 aromatic heterocycles. The number of nitrogens with zero attached hydrogens (tertiary/aromatic N) is 3. The lowest BCUT2D eigenvalue weighted by Gasteiger charge is -2.07. The van der Waals surface area contributed by atoms with Crippen LogP contribution in [0.2, 0.25) is 0 Å². The summed E-state index contributed by atoms with van der Waals surface area (Å²) in [7, 11) is 1.73. The Morgan fingerprint density at radius 1 is 1.26 bits per heavy atom. The van der Waals surface area contributed by atoms with Gasteiger partial charge in [-0.05, 0) is 19.1 Å². The van der Waals surface area contributed by atoms with Crippen LogP contribution in [0.3, 0.4) is 0 Å². The van der Waals surface area contributed by atoms with Gasteiger partial charge in [-0.25, -0.2) is 14.5 Å². The number of carboxylic acid groups (broad SMARTS) is 1. The molecule has 0 aliphatic carbocycles. The molecule has 0 atom stereocenters. The number of rotatable bonds is 4. The number of hydrogen-bond acceptors (Lipinski definition) is 3. The average Bonchev–Trinajstić information content (AvgIpc) is 2.75. The number of carboxylic acids is 1. The summed E-state index contributed by atoms with van der Waals surface area (Å²) in [6.07, 6.45) is 1.05. The Balaban J connectivity index is 2.53. The van der Waals surface area contributed by atoms with E-state index in [9.17, 15) is 9.59 Å². The second-order valence-corrected chi connectivity index (χ2v) is 5.42. The molecule has 23 heavy (non-hydrogen) atoms. The van der Waals surface area contributed by atoms with E-state index in [0.29, 0.717) is 11.4 Å². The van der Waals surface area contributed by atoms with Crippen molar-refractivity contribution >= 4 is 41.1 Å². The van der Waals surface area contributed by atoms with E-state index in [4.69, 9.17) is 28.3 Å². The first kappa shape index (κ1) is 17.1. The van der Waals surface area contributed by atoms with Gasteiger partial charge in [-0.1, -0.05) is 41.4 Å². The minimum atomic E-state index is -1.37. The Hall–Kier alpha value is -2.31. The van der Waals surface area contributed by atoms with Crippen molar-refractivity contribution in [1.29, 1.82) is 0 Å². The molecule has 1 N–H and O–H groups in total. The van der Waals surface area contributed by atoms with E-state index in [1.165, 1.54) is 4.68 Å². The van der Waals surface area contributed by atoms with E-state index in [1.807, 2.05) is 18.2 Å². The van der Waals surface area contributed by atoms with Gasteiger partial charge in [0.25, 0.3) is 5.56 Å². The molecule has 120 valence electrons. The molecule has 0 saturated carbocycles. The number of aliphatic imine (C=N–C) groups is 1. The molecular formula is C15H13Cl2N3O3. The number of para-hydroxylation sites is 1. The average molecular weight is 354 g/mol. The Bertz CT molecular complexity index is 864. The van der Waals surface area contributed by atoms with Crippen molar-refractivity contribution in [3.05, 3.63) is 56.4 Å². The number of benzene rings is 1. The highest BCUT2D eigenvalue weighted by molar-refractivity contribution is 6.51. The van der Waals surface area contributed by atoms with Crippen LogP contribution in [0.15, 0.2) is 50.2 Å². The molecule has 0 unspecified atom stereocenters. The van der Waals surface area contributed by atoms with Crippen LogP contribution in [-0.2, 0) is 11.8 Å². The van der Waals surface area contributed by atoms with Gasteiger partial charge in [0.15, 0.2) is 5.69 Å². The quantitative estimate of drug-likeness (QED) is 0.677. The third-order valence-electron chi connectivity index (χ3n) is 3.23. The van der Waals surface area contributed by atoms with E-state index in [-0.39, 0.29) is 16.3 Å². The molecular weight excluding hydrogens is 341 g/mol. The number of allylic oxidation sites excluding steroid dienone is 1. The van der Waals surface area contributed by atoms with Gasteiger partial charge in [-0.2, -0.15) is 0 Å². The molecule has 0 aliphatic heterocycles. The van der Waals surface area contributed by atoms with Crippen molar-refractivity contribution < 1.29 is 9.90 Å². The highest BCUT2D eigenvalue weighted by Crippen LogP contribution is 2.18. The molecule has 0 amide bonds. The predicted molar refractivity (Wildman–Crippen MR) is 90.3 cm³/mol. The van der Waals surface area contributed by atoms with Gasteiger partial charge >= 0.3 is 5.97 Å². The van der Waals surface area contributed by atoms with Gasteiger partial charge in [0.1, 0.15) is 5.03 Å². The largest absolute Gasteiger partial charge is 0.477 e. The van der Waals surface area contributed by atoms with Crippen LogP contribution in [-0.4, -0.2) is 26.7 Å². The summed E-state index contributed by atoms with van der Waals surface area (Å²) >= 11 is 11.3. The zero-order valence-corrected chi connectivity index (χ0v) is 13.8. The van der Waals surface area contributed by atoms with Crippen LogP contribution in [0.5, 0.6) is 0 Å². The first-order valence-electron chi connectivity index (χ1n) is 6.51. The zero-order valence-electron chi connectivity index (χ0n) is 12.3. The summed E-state index contributed by atoms with van der Waals surface area (Å²) in [4.78, 5) is 27.3. The normalized spacial score (nSPS) is 12.5. The third-order valence-corrected chi connectivity index (χ3v) is 3.98. The van der Waals surface area contributed by atoms with Crippen LogP contribution >= 0.6 is 23.2 Å². The fourth-order valence-electron chi connectivity index (χ4n) is 1.98. The summed E-state index contributed by atoms with van der Waals surface area (Å²) in [5.74, 6) is -1.37. The lowest BCUT2D eigenvalue weighted by atomic mass is 10.3. The first-order chi connectivity index (χ1) is 10.8. The standard InChI is InChI=1S/C15H13Cl2N3O3/c1-9-13(18-8-11(16)12(17)15(22)23)14(21)20(19(9)2)10-6-4-3-5-7-10/h3-8H,1-2H3,(H,22,23)/b12-11+,18-8?. The van der Waals surface area contributed by atoms with E-state index < -0.39 is 11.0 Å². The minimum Gasteiger partial charge on any atom is -0.477 e. The summed E-state index contributed by atoms with van der Waals surface area (Å²) in [6.45, 7) is 1.73. The number of hydrogen-bond donors (Lipinski definition) is 1. The predicted octanol–water partition coefficient (Wildman–Crippen LogP) is 2.96. The summed E-state index contributed by atoms with van der Waals surface area (Å²) < 4.78 is 3.11. The Labute approximate surface area is 141 Å². The van der Waals surface area contributed by atoms with E-state index in [1.54, 1.807) is 30.8 Å². The van der Waals surface area contributed by atoms with Crippen molar-refractivity contribution in [2.45, 2.75) is 6.92 Å². The number of carbonyl (C=O) groups is 1. The summed E-state index contributed by atoms with van der Waals surface area (Å²) in [5.41, 5.74) is 1.11. The van der Waals surface area contributed by atoms with Crippen LogP contribution in [0.25, 0.3) is 5.69 Å². The smallest absolute Gasteiger partial charge is 0.348 e. The van der Waals surface area contributed by atoms with Gasteiger partial charge in [0, 0.05) is 13.3 Å². The molecule has 0 bridgehead atoms. The van der Waals surface area contributed by atoms with Crippen molar-refractivity contribution in [2.24, 2.45) is 12.0 Å². The van der Waals surface area contributed by atoms with Crippen LogP contribution in [0, 0.1) is 6.92 Å². The van der Waals surface area contributed by atoms with Crippen LogP contribution < -0.4 is 5.56 Å². The Morgan fingerprint density at radius 3 is 2.43 bits per heavy atom. The molecule has 0 fully saturated rings. The monoisotopic (exact) mass is 353 g/mol. The fraction of sp³-hybridized carbons (Fsp3) is 0.133. The van der Waals surface area contributed by atoms with E-state index in [2.05, 4.69) is 4.99 Å². The van der Waals surface area contributed by atoms with Crippen molar-refractivity contribution in [1.82, 2.24) is 9.36 Å². The zero-order chi connectivity index (χ0) is 17.1. The molecule has 0 saturated heterocycles. The summed E-state index contributed by atoms with van der Waals surface area (Å²) in [5, 5.41) is 7.93. The lowest BCUT2D eigenvalue weighted by Crippen LogP contribution is -2.19. The molecule has 2 aromatic rings. The fourth-order valence-corrected chi connectivity index (χ4v) is 2.16. The van der Waals surface area contributed by atoms with Crippen LogP contribution in [0.4, 0.5) is 5.69 Å². The Morgan fingerprint density at radius 2 is 1.87 bits per heavy atom. The lowest BCUT2D eigenvalue weighted by molar-refractivity contribution is -0.131. The molecule has 1 heterocycles. The van der Waals surface area contributed by atoms with Gasteiger partial charge in [-0.15, -0.1) is 0 Å². The maximum absolute atomic E-state index is 12.5. The topological polar surface area (TPSA) is 76.6 Å². The molecule has 8 heteroatoms. The minimum absolute atomic E-state index is 0.157. The second-order valence-electron chi connectivity index (χ2n) is 4.64. The maximum Gasteiger partial charge on any atom is 0.348 e. The van der Waals surface area contributed by atoms with Gasteiger partial charge < -0.3 is 5.11 Å². The maximum atomic E-state index is 12.5. The van der Waals surface area contributed by atoms with Gasteiger partial charge in [-0.3, -0.25) is 9.48 Å². The van der Waals surface area contributed by atoms with Crippen molar-refractivity contribution in [2.75, 3.05) is 0 Å². The molecule has 0 aliphatic rings. The molecule has 1 aromatic carbocycles. The highest BCUT2D eigenvalue weighted by Gasteiger charge is 2.15. The van der Waals surface area contributed by atoms with E-state index in [0.717, 1.165) is 6.21 Å². The molecule has 2 rings (SSSR count). The third kappa shape index (κ3) is 3.38. The van der Waals surface area contributed by atoms with Crippen LogP contribution in [0.1, 0.15) is 5.69 Å². The number of halogens is 2. The number of aromatic nitrogens is 2. The van der Waals surface area contributed by atoms with Crippen molar-refractivity contribution in [3.8, 4) is 5.69 Å².